The van der Waals surface area contributed by atoms with E-state index < -0.39 is 6.09 Å². The topological polar surface area (TPSA) is 58.6 Å². The van der Waals surface area contributed by atoms with E-state index in [1.807, 2.05) is 44.2 Å². The highest BCUT2D eigenvalue weighted by Crippen LogP contribution is 2.50. The van der Waals surface area contributed by atoms with Gasteiger partial charge in [0.05, 0.1) is 6.10 Å². The summed E-state index contributed by atoms with van der Waals surface area (Å²) in [5.74, 6) is 0.208. The Hall–Kier alpha value is -1.55. The van der Waals surface area contributed by atoms with Gasteiger partial charge in [0.25, 0.3) is 0 Å². The van der Waals surface area contributed by atoms with Gasteiger partial charge in [-0.25, -0.2) is 4.79 Å². The molecule has 0 spiro atoms. The second-order valence-corrected chi connectivity index (χ2v) is 5.97. The molecule has 0 heterocycles. The zero-order valence-corrected chi connectivity index (χ0v) is 12.1. The Kier molecular flexibility index (Phi) is 4.65. The van der Waals surface area contributed by atoms with Crippen molar-refractivity contribution in [2.45, 2.75) is 39.4 Å². The molecular weight excluding hydrogens is 254 g/mol. The number of aliphatic hydroxyl groups is 1. The van der Waals surface area contributed by atoms with Crippen molar-refractivity contribution in [3.8, 4) is 0 Å². The van der Waals surface area contributed by atoms with Crippen LogP contribution in [-0.4, -0.2) is 23.8 Å². The molecule has 110 valence electrons. The van der Waals surface area contributed by atoms with Gasteiger partial charge in [-0.15, -0.1) is 0 Å². The van der Waals surface area contributed by atoms with E-state index in [0.29, 0.717) is 6.54 Å². The summed E-state index contributed by atoms with van der Waals surface area (Å²) in [6, 6.07) is 9.58. The number of benzene rings is 1. The van der Waals surface area contributed by atoms with Crippen LogP contribution in [0.2, 0.25) is 0 Å². The van der Waals surface area contributed by atoms with Crippen molar-refractivity contribution in [2.24, 2.45) is 11.3 Å². The molecule has 1 aliphatic carbocycles. The van der Waals surface area contributed by atoms with Gasteiger partial charge in [-0.05, 0) is 24.3 Å². The van der Waals surface area contributed by atoms with Gasteiger partial charge in [0.1, 0.15) is 6.61 Å². The molecule has 1 saturated carbocycles. The quantitative estimate of drug-likeness (QED) is 0.840. The third kappa shape index (κ3) is 3.73. The first-order chi connectivity index (χ1) is 9.53. The van der Waals surface area contributed by atoms with Gasteiger partial charge >= 0.3 is 6.09 Å². The Morgan fingerprint density at radius 3 is 2.55 bits per heavy atom. The van der Waals surface area contributed by atoms with E-state index in [-0.39, 0.29) is 24.0 Å². The minimum absolute atomic E-state index is 0.139. The lowest BCUT2D eigenvalue weighted by molar-refractivity contribution is 0.0489. The standard InChI is InChI=1S/C16H23NO3/c1-12(2)14(18)16(8-9-16)11-17-15(19)20-10-13-6-4-3-5-7-13/h3-7,12,14,18H,8-11H2,1-2H3,(H,17,19). The maximum Gasteiger partial charge on any atom is 0.407 e. The SMILES string of the molecule is CC(C)C(O)C1(CNC(=O)OCc2ccccc2)CC1. The Balaban J connectivity index is 1.73. The number of amides is 1. The van der Waals surface area contributed by atoms with Crippen molar-refractivity contribution in [2.75, 3.05) is 6.54 Å². The first kappa shape index (κ1) is 14.9. The molecule has 0 radical (unpaired) electrons. The zero-order valence-electron chi connectivity index (χ0n) is 12.1. The molecular formula is C16H23NO3. The molecule has 20 heavy (non-hydrogen) atoms. The van der Waals surface area contributed by atoms with Crippen LogP contribution in [0.15, 0.2) is 30.3 Å². The van der Waals surface area contributed by atoms with Crippen molar-refractivity contribution in [3.63, 3.8) is 0 Å². The minimum Gasteiger partial charge on any atom is -0.445 e. The fourth-order valence-electron chi connectivity index (χ4n) is 2.47. The van der Waals surface area contributed by atoms with Gasteiger partial charge in [-0.1, -0.05) is 44.2 Å². The summed E-state index contributed by atoms with van der Waals surface area (Å²) in [4.78, 5) is 11.7. The predicted octanol–water partition coefficient (Wildman–Crippen LogP) is 2.71. The molecule has 2 N–H and O–H groups in total. The molecule has 2 rings (SSSR count). The Labute approximate surface area is 120 Å². The Morgan fingerprint density at radius 1 is 1.35 bits per heavy atom. The van der Waals surface area contributed by atoms with Gasteiger partial charge in [-0.3, -0.25) is 0 Å². The number of aliphatic hydroxyl groups excluding tert-OH is 1. The Morgan fingerprint density at radius 2 is 2.00 bits per heavy atom. The molecule has 0 saturated heterocycles. The molecule has 4 nitrogen and oxygen atoms in total. The number of ether oxygens (including phenoxy) is 1. The normalized spacial score (nSPS) is 17.6. The molecule has 0 bridgehead atoms. The number of hydrogen-bond acceptors (Lipinski definition) is 3. The van der Waals surface area contributed by atoms with Crippen molar-refractivity contribution in [1.29, 1.82) is 0 Å². The fourth-order valence-corrected chi connectivity index (χ4v) is 2.47. The van der Waals surface area contributed by atoms with Gasteiger partial charge in [0.15, 0.2) is 0 Å². The highest BCUT2D eigenvalue weighted by molar-refractivity contribution is 5.67. The smallest absolute Gasteiger partial charge is 0.407 e. The van der Waals surface area contributed by atoms with E-state index in [9.17, 15) is 9.90 Å². The largest absolute Gasteiger partial charge is 0.445 e. The molecule has 1 unspecified atom stereocenters. The molecule has 1 fully saturated rings. The molecule has 4 heteroatoms. The first-order valence-corrected chi connectivity index (χ1v) is 7.16. The summed E-state index contributed by atoms with van der Waals surface area (Å²) in [7, 11) is 0. The lowest BCUT2D eigenvalue weighted by Gasteiger charge is -2.25. The third-order valence-corrected chi connectivity index (χ3v) is 3.95. The lowest BCUT2D eigenvalue weighted by atomic mass is 9.90. The maximum atomic E-state index is 11.7. The number of carbonyl (C=O) groups excluding carboxylic acids is 1. The minimum atomic E-state index is -0.420. The third-order valence-electron chi connectivity index (χ3n) is 3.95. The van der Waals surface area contributed by atoms with Crippen LogP contribution in [0.25, 0.3) is 0 Å². The number of hydrogen-bond donors (Lipinski definition) is 2. The number of alkyl carbamates (subject to hydrolysis) is 1. The van der Waals surface area contributed by atoms with Gasteiger partial charge in [-0.2, -0.15) is 0 Å². The molecule has 1 aromatic carbocycles. The molecule has 0 aromatic heterocycles. The average molecular weight is 277 g/mol. The van der Waals surface area contributed by atoms with Gasteiger partial charge < -0.3 is 15.2 Å². The average Bonchev–Trinajstić information content (AvgIpc) is 3.24. The van der Waals surface area contributed by atoms with Crippen molar-refractivity contribution in [3.05, 3.63) is 35.9 Å². The summed E-state index contributed by atoms with van der Waals surface area (Å²) in [6.45, 7) is 4.75. The van der Waals surface area contributed by atoms with Crippen LogP contribution in [0, 0.1) is 11.3 Å². The molecule has 1 atom stereocenters. The van der Waals surface area contributed by atoms with Crippen LogP contribution in [0.1, 0.15) is 32.3 Å². The van der Waals surface area contributed by atoms with E-state index in [1.165, 1.54) is 0 Å². The predicted molar refractivity (Wildman–Crippen MR) is 77.1 cm³/mol. The summed E-state index contributed by atoms with van der Waals surface area (Å²) in [6.07, 6.45) is 1.14. The summed E-state index contributed by atoms with van der Waals surface area (Å²) < 4.78 is 5.16. The second-order valence-electron chi connectivity index (χ2n) is 5.97. The maximum absolute atomic E-state index is 11.7. The van der Waals surface area contributed by atoms with E-state index in [2.05, 4.69) is 5.32 Å². The highest BCUT2D eigenvalue weighted by atomic mass is 16.5. The monoisotopic (exact) mass is 277 g/mol. The van der Waals surface area contributed by atoms with E-state index in [0.717, 1.165) is 18.4 Å². The number of carbonyl (C=O) groups is 1. The van der Waals surface area contributed by atoms with Crippen LogP contribution in [0.3, 0.4) is 0 Å². The van der Waals surface area contributed by atoms with Crippen LogP contribution in [-0.2, 0) is 11.3 Å². The van der Waals surface area contributed by atoms with Crippen molar-refractivity contribution >= 4 is 6.09 Å². The first-order valence-electron chi connectivity index (χ1n) is 7.16. The fraction of sp³-hybridized carbons (Fsp3) is 0.562. The van der Waals surface area contributed by atoms with Crippen molar-refractivity contribution < 1.29 is 14.6 Å². The van der Waals surface area contributed by atoms with E-state index in [1.54, 1.807) is 0 Å². The number of nitrogens with one attached hydrogen (secondary N) is 1. The van der Waals surface area contributed by atoms with Crippen LogP contribution in [0.4, 0.5) is 4.79 Å². The number of rotatable bonds is 6. The summed E-state index contributed by atoms with van der Waals surface area (Å²) >= 11 is 0. The molecule has 1 aromatic rings. The summed E-state index contributed by atoms with van der Waals surface area (Å²) in [5, 5.41) is 12.9. The second kappa shape index (κ2) is 6.27. The molecule has 0 aliphatic heterocycles. The molecule has 1 amide bonds. The lowest BCUT2D eigenvalue weighted by Crippen LogP contribution is -2.38. The summed E-state index contributed by atoms with van der Waals surface area (Å²) in [5.41, 5.74) is 0.825. The Bertz CT molecular complexity index is 440. The van der Waals surface area contributed by atoms with E-state index in [4.69, 9.17) is 4.74 Å². The van der Waals surface area contributed by atoms with Gasteiger partial charge in [0, 0.05) is 12.0 Å². The highest BCUT2D eigenvalue weighted by Gasteiger charge is 2.49. The van der Waals surface area contributed by atoms with Crippen LogP contribution in [0.5, 0.6) is 0 Å². The van der Waals surface area contributed by atoms with Crippen LogP contribution >= 0.6 is 0 Å². The van der Waals surface area contributed by atoms with E-state index >= 15 is 0 Å². The van der Waals surface area contributed by atoms with Crippen LogP contribution < -0.4 is 5.32 Å². The van der Waals surface area contributed by atoms with Crippen molar-refractivity contribution in [1.82, 2.24) is 5.32 Å². The zero-order chi connectivity index (χ0) is 14.6. The van der Waals surface area contributed by atoms with Gasteiger partial charge in [0.2, 0.25) is 0 Å². The molecule has 1 aliphatic rings.